The molecule has 2 heterocycles. The third kappa shape index (κ3) is 4.78. The maximum Gasteiger partial charge on any atom is 0.264 e. The summed E-state index contributed by atoms with van der Waals surface area (Å²) >= 11 is 11.7. The largest absolute Gasteiger partial charge is 0.494 e. The van der Waals surface area contributed by atoms with Crippen LogP contribution in [0.15, 0.2) is 64.5 Å². The SMILES string of the molecule is COCCn1c(O)c(C=NC[C@H](c2ccccc2Cl)c2c[nH]c3ccccc23)c(=O)[nH]c1=S. The molecule has 0 spiro atoms. The highest BCUT2D eigenvalue weighted by Crippen LogP contribution is 2.34. The van der Waals surface area contributed by atoms with Crippen LogP contribution in [0.2, 0.25) is 5.02 Å². The van der Waals surface area contributed by atoms with Gasteiger partial charge in [0, 0.05) is 47.9 Å². The van der Waals surface area contributed by atoms with Crippen LogP contribution >= 0.6 is 23.8 Å². The number of para-hydroxylation sites is 1. The van der Waals surface area contributed by atoms with E-state index in [1.54, 1.807) is 7.11 Å². The fraction of sp³-hybridized carbons (Fsp3) is 0.208. The molecule has 2 aromatic heterocycles. The number of hydrogen-bond acceptors (Lipinski definition) is 5. The minimum atomic E-state index is -0.503. The number of aromatic amines is 2. The van der Waals surface area contributed by atoms with E-state index in [1.165, 1.54) is 10.8 Å². The van der Waals surface area contributed by atoms with E-state index < -0.39 is 5.56 Å². The quantitative estimate of drug-likeness (QED) is 0.252. The zero-order valence-corrected chi connectivity index (χ0v) is 19.5. The first kappa shape index (κ1) is 23.0. The maximum atomic E-state index is 12.4. The molecule has 4 rings (SSSR count). The van der Waals surface area contributed by atoms with E-state index in [1.807, 2.05) is 54.7 Å². The number of methoxy groups -OCH3 is 1. The number of fused-ring (bicyclic) bond motifs is 1. The van der Waals surface area contributed by atoms with Gasteiger partial charge in [-0.25, -0.2) is 0 Å². The van der Waals surface area contributed by atoms with Crippen molar-refractivity contribution in [3.8, 4) is 5.88 Å². The molecule has 0 aliphatic rings. The average Bonchev–Trinajstić information content (AvgIpc) is 3.23. The second-order valence-corrected chi connectivity index (χ2v) is 8.29. The first-order valence-corrected chi connectivity index (χ1v) is 11.1. The first-order valence-electron chi connectivity index (χ1n) is 10.4. The van der Waals surface area contributed by atoms with Gasteiger partial charge in [0.25, 0.3) is 5.56 Å². The van der Waals surface area contributed by atoms with Crippen molar-refractivity contribution in [2.75, 3.05) is 20.3 Å². The summed E-state index contributed by atoms with van der Waals surface area (Å²) in [5.74, 6) is -0.405. The molecule has 2 aromatic carbocycles. The molecule has 0 aliphatic carbocycles. The fourth-order valence-electron chi connectivity index (χ4n) is 3.84. The highest BCUT2D eigenvalue weighted by Gasteiger charge is 2.20. The Morgan fingerprint density at radius 2 is 1.97 bits per heavy atom. The number of aromatic hydroxyl groups is 1. The fourth-order valence-corrected chi connectivity index (χ4v) is 4.37. The molecule has 170 valence electrons. The lowest BCUT2D eigenvalue weighted by Crippen LogP contribution is -2.20. The summed E-state index contributed by atoms with van der Waals surface area (Å²) in [6, 6.07) is 15.7. The second kappa shape index (κ2) is 10.2. The molecule has 0 saturated heterocycles. The van der Waals surface area contributed by atoms with Gasteiger partial charge < -0.3 is 14.8 Å². The zero-order chi connectivity index (χ0) is 23.4. The van der Waals surface area contributed by atoms with Gasteiger partial charge in [0.2, 0.25) is 5.88 Å². The molecular formula is C24H23ClN4O3S. The van der Waals surface area contributed by atoms with Crippen molar-refractivity contribution in [3.63, 3.8) is 0 Å². The van der Waals surface area contributed by atoms with Gasteiger partial charge >= 0.3 is 0 Å². The van der Waals surface area contributed by atoms with Gasteiger partial charge in [-0.05, 0) is 35.5 Å². The third-order valence-corrected chi connectivity index (χ3v) is 6.18. The molecule has 0 aliphatic heterocycles. The van der Waals surface area contributed by atoms with Crippen molar-refractivity contribution in [1.82, 2.24) is 14.5 Å². The molecule has 0 amide bonds. The number of halogens is 1. The van der Waals surface area contributed by atoms with Crippen LogP contribution < -0.4 is 5.56 Å². The summed E-state index contributed by atoms with van der Waals surface area (Å²) in [5, 5.41) is 12.3. The minimum Gasteiger partial charge on any atom is -0.494 e. The van der Waals surface area contributed by atoms with E-state index in [2.05, 4.69) is 15.0 Å². The summed E-state index contributed by atoms with van der Waals surface area (Å²) in [4.78, 5) is 22.9. The standard InChI is InChI=1S/C24H23ClN4O3S/c1-32-11-10-29-23(31)19(22(30)28-24(29)33)13-26-12-17(15-6-2-4-8-20(15)25)18-14-27-21-9-5-3-7-16(18)21/h2-9,13-14,17,27,31H,10-12H2,1H3,(H,28,30,33)/t17-/m1/s1. The van der Waals surface area contributed by atoms with Crippen molar-refractivity contribution in [2.45, 2.75) is 12.5 Å². The van der Waals surface area contributed by atoms with Crippen molar-refractivity contribution in [1.29, 1.82) is 0 Å². The van der Waals surface area contributed by atoms with Crippen LogP contribution in [0.3, 0.4) is 0 Å². The molecule has 9 heteroatoms. The monoisotopic (exact) mass is 482 g/mol. The summed E-state index contributed by atoms with van der Waals surface area (Å²) in [7, 11) is 1.55. The van der Waals surface area contributed by atoms with Crippen LogP contribution in [0.4, 0.5) is 0 Å². The van der Waals surface area contributed by atoms with Gasteiger partial charge in [-0.2, -0.15) is 0 Å². The van der Waals surface area contributed by atoms with E-state index in [0.29, 0.717) is 24.7 Å². The van der Waals surface area contributed by atoms with Gasteiger partial charge in [-0.1, -0.05) is 48.0 Å². The molecule has 0 saturated carbocycles. The van der Waals surface area contributed by atoms with Crippen LogP contribution in [0.5, 0.6) is 5.88 Å². The van der Waals surface area contributed by atoms with E-state index in [0.717, 1.165) is 22.0 Å². The summed E-state index contributed by atoms with van der Waals surface area (Å²) in [6.07, 6.45) is 3.34. The van der Waals surface area contributed by atoms with Crippen molar-refractivity contribution < 1.29 is 9.84 Å². The lowest BCUT2D eigenvalue weighted by atomic mass is 9.91. The predicted molar refractivity (Wildman–Crippen MR) is 133 cm³/mol. The number of hydrogen-bond donors (Lipinski definition) is 3. The zero-order valence-electron chi connectivity index (χ0n) is 17.9. The Morgan fingerprint density at radius 3 is 2.76 bits per heavy atom. The number of benzene rings is 2. The van der Waals surface area contributed by atoms with E-state index in [9.17, 15) is 9.90 Å². The van der Waals surface area contributed by atoms with Crippen LogP contribution in [0.25, 0.3) is 10.9 Å². The summed E-state index contributed by atoms with van der Waals surface area (Å²) in [5.41, 5.74) is 2.52. The van der Waals surface area contributed by atoms with Crippen LogP contribution in [-0.4, -0.2) is 46.1 Å². The highest BCUT2D eigenvalue weighted by atomic mass is 35.5. The maximum absolute atomic E-state index is 12.4. The molecule has 33 heavy (non-hydrogen) atoms. The van der Waals surface area contributed by atoms with Crippen molar-refractivity contribution >= 4 is 40.9 Å². The molecule has 0 radical (unpaired) electrons. The molecule has 0 unspecified atom stereocenters. The van der Waals surface area contributed by atoms with E-state index in [-0.39, 0.29) is 22.1 Å². The highest BCUT2D eigenvalue weighted by molar-refractivity contribution is 7.71. The van der Waals surface area contributed by atoms with Crippen molar-refractivity contribution in [2.24, 2.45) is 4.99 Å². The van der Waals surface area contributed by atoms with Crippen LogP contribution in [0, 0.1) is 4.77 Å². The molecule has 0 bridgehead atoms. The van der Waals surface area contributed by atoms with Crippen LogP contribution in [-0.2, 0) is 11.3 Å². The Hall–Kier alpha value is -3.20. The predicted octanol–water partition coefficient (Wildman–Crippen LogP) is 4.64. The smallest absolute Gasteiger partial charge is 0.264 e. The number of rotatable bonds is 8. The number of aromatic nitrogens is 3. The number of ether oxygens (including phenoxy) is 1. The molecule has 1 atom stereocenters. The molecule has 4 aromatic rings. The number of nitrogens with one attached hydrogen (secondary N) is 2. The summed E-state index contributed by atoms with van der Waals surface area (Å²) in [6.45, 7) is 0.953. The van der Waals surface area contributed by atoms with Gasteiger partial charge in [-0.3, -0.25) is 19.3 Å². The Balaban J connectivity index is 1.72. The van der Waals surface area contributed by atoms with Crippen molar-refractivity contribution in [3.05, 3.63) is 91.6 Å². The topological polar surface area (TPSA) is 95.4 Å². The number of nitrogens with zero attached hydrogens (tertiary/aromatic N) is 2. The molecule has 3 N–H and O–H groups in total. The Bertz CT molecular complexity index is 1420. The lowest BCUT2D eigenvalue weighted by Gasteiger charge is -2.17. The van der Waals surface area contributed by atoms with E-state index in [4.69, 9.17) is 28.6 Å². The van der Waals surface area contributed by atoms with Gasteiger partial charge in [0.15, 0.2) is 4.77 Å². The number of H-pyrrole nitrogens is 2. The molecule has 0 fully saturated rings. The minimum absolute atomic E-state index is 0.0385. The Morgan fingerprint density at radius 1 is 1.21 bits per heavy atom. The molecule has 7 nitrogen and oxygen atoms in total. The second-order valence-electron chi connectivity index (χ2n) is 7.50. The van der Waals surface area contributed by atoms with Gasteiger partial charge in [-0.15, -0.1) is 0 Å². The lowest BCUT2D eigenvalue weighted by molar-refractivity contribution is 0.182. The molecular weight excluding hydrogens is 460 g/mol. The Labute approximate surface area is 200 Å². The average molecular weight is 483 g/mol. The van der Waals surface area contributed by atoms with Gasteiger partial charge in [0.1, 0.15) is 5.56 Å². The third-order valence-electron chi connectivity index (χ3n) is 5.51. The van der Waals surface area contributed by atoms with Gasteiger partial charge in [0.05, 0.1) is 13.2 Å². The normalized spacial score (nSPS) is 12.5. The number of aliphatic imine (C=N–C) groups is 1. The first-order chi connectivity index (χ1) is 16.0. The Kier molecular flexibility index (Phi) is 7.08. The summed E-state index contributed by atoms with van der Waals surface area (Å²) < 4.78 is 6.59. The van der Waals surface area contributed by atoms with E-state index >= 15 is 0 Å². The van der Waals surface area contributed by atoms with Crippen LogP contribution in [0.1, 0.15) is 22.6 Å².